The van der Waals surface area contributed by atoms with Gasteiger partial charge in [0.1, 0.15) is 12.1 Å². The van der Waals surface area contributed by atoms with Crippen molar-refractivity contribution in [3.8, 4) is 0 Å². The van der Waals surface area contributed by atoms with E-state index in [1.807, 2.05) is 6.92 Å². The molecule has 5 fully saturated rings. The van der Waals surface area contributed by atoms with Crippen molar-refractivity contribution in [2.75, 3.05) is 6.54 Å². The van der Waals surface area contributed by atoms with Crippen LogP contribution in [0, 0.1) is 73.9 Å². The van der Waals surface area contributed by atoms with E-state index in [1.54, 1.807) is 5.57 Å². The molecule has 7 nitrogen and oxygen atoms in total. The summed E-state index contributed by atoms with van der Waals surface area (Å²) >= 11 is 0. The summed E-state index contributed by atoms with van der Waals surface area (Å²) in [7, 11) is 0. The average Bonchev–Trinajstić information content (AvgIpc) is 3.01. The van der Waals surface area contributed by atoms with E-state index in [0.29, 0.717) is 36.0 Å². The molecule has 0 aromatic carbocycles. The maximum absolute atomic E-state index is 13.7. The summed E-state index contributed by atoms with van der Waals surface area (Å²) < 4.78 is 13.5. The van der Waals surface area contributed by atoms with E-state index in [1.165, 1.54) is 6.29 Å². The van der Waals surface area contributed by atoms with Crippen LogP contribution in [-0.2, 0) is 19.1 Å². The third-order valence-electron chi connectivity index (χ3n) is 17.3. The van der Waals surface area contributed by atoms with E-state index in [0.717, 1.165) is 57.8 Å². The molecule has 48 heavy (non-hydrogen) atoms. The molecule has 0 amide bonds. The lowest BCUT2D eigenvalue weighted by molar-refractivity contribution is -0.292. The molecule has 1 aliphatic heterocycles. The molecule has 268 valence electrons. The van der Waals surface area contributed by atoms with E-state index in [9.17, 15) is 9.59 Å². The summed E-state index contributed by atoms with van der Waals surface area (Å²) in [4.78, 5) is 30.0. The van der Waals surface area contributed by atoms with Crippen molar-refractivity contribution in [2.45, 2.75) is 152 Å². The number of aldehydes is 1. The SMILES string of the molecule is CC(=O)[C@]12CCC(C)(C)CC1C1=CCC3C4(C)CC[C@H](O[C@@H]5OC(CN=[N+]=[N-])[C@@H](C)[C@H](C)C5C)C(C)(C=O)[C@@H]4CC[C@@]3(C)[C@]1(C)CC2C. The maximum atomic E-state index is 13.7. The van der Waals surface area contributed by atoms with Crippen LogP contribution in [0.3, 0.4) is 0 Å². The molecule has 0 bridgehead atoms. The predicted octanol–water partition coefficient (Wildman–Crippen LogP) is 10.1. The normalized spacial score (nSPS) is 52.7. The number of Topliss-reactive ketones (excluding diaryl/α,β-unsaturated/α-hetero) is 1. The number of nitrogens with zero attached hydrogens (tertiary/aromatic N) is 3. The van der Waals surface area contributed by atoms with Gasteiger partial charge in [0.05, 0.1) is 24.2 Å². The van der Waals surface area contributed by atoms with Crippen LogP contribution in [-0.4, -0.2) is 37.1 Å². The first-order valence-corrected chi connectivity index (χ1v) is 19.4. The maximum Gasteiger partial charge on any atom is 0.161 e. The van der Waals surface area contributed by atoms with Crippen LogP contribution < -0.4 is 0 Å². The third kappa shape index (κ3) is 4.89. The zero-order valence-electron chi connectivity index (χ0n) is 32.0. The second kappa shape index (κ2) is 11.9. The molecule has 0 aromatic rings. The number of allylic oxidation sites excluding steroid dienone is 2. The van der Waals surface area contributed by atoms with Gasteiger partial charge < -0.3 is 14.3 Å². The first-order valence-electron chi connectivity index (χ1n) is 19.4. The molecule has 5 aliphatic carbocycles. The van der Waals surface area contributed by atoms with Crippen molar-refractivity contribution in [3.05, 3.63) is 22.1 Å². The number of ether oxygens (including phenoxy) is 2. The minimum absolute atomic E-state index is 0.00261. The van der Waals surface area contributed by atoms with Crippen molar-refractivity contribution >= 4 is 12.1 Å². The lowest BCUT2D eigenvalue weighted by Crippen LogP contribution is -2.67. The highest BCUT2D eigenvalue weighted by molar-refractivity contribution is 5.84. The first-order chi connectivity index (χ1) is 22.4. The molecule has 0 aromatic heterocycles. The first kappa shape index (κ1) is 36.1. The molecule has 7 unspecified atom stereocenters. The highest BCUT2D eigenvalue weighted by Gasteiger charge is 2.70. The number of azide groups is 1. The molecule has 15 atom stereocenters. The van der Waals surface area contributed by atoms with Gasteiger partial charge in [0.15, 0.2) is 6.29 Å². The Morgan fingerprint density at radius 2 is 1.69 bits per heavy atom. The molecule has 0 spiro atoms. The standard InChI is InChI=1S/C41H65N3O4/c1-24-20-40(11)29(30-21-36(6,7)18-19-41(24,30)28(5)46)12-13-33-37(8)16-15-34(38(9,23-45)32(37)14-17-39(33,40)10)48-35-27(4)25(2)26(3)31(47-35)22-43-44-42/h12,23-27,30-35H,13-22H2,1-11H3/t24?,25-,26-,27?,30?,31?,32+,33?,34-,35-,37?,38?,39+,40+,41+/m0/s1. The number of hydrogen-bond acceptors (Lipinski definition) is 5. The van der Waals surface area contributed by atoms with Crippen LogP contribution in [0.25, 0.3) is 10.4 Å². The van der Waals surface area contributed by atoms with Crippen LogP contribution in [0.2, 0.25) is 0 Å². The zero-order valence-corrected chi connectivity index (χ0v) is 32.0. The Kier molecular flexibility index (Phi) is 8.98. The molecular weight excluding hydrogens is 598 g/mol. The van der Waals surface area contributed by atoms with Crippen molar-refractivity contribution in [1.29, 1.82) is 0 Å². The Labute approximate surface area is 290 Å². The minimum Gasteiger partial charge on any atom is -0.349 e. The fourth-order valence-corrected chi connectivity index (χ4v) is 13.7. The largest absolute Gasteiger partial charge is 0.349 e. The summed E-state index contributed by atoms with van der Waals surface area (Å²) in [5.41, 5.74) is 10.1. The molecule has 0 radical (unpaired) electrons. The molecule has 6 aliphatic rings. The monoisotopic (exact) mass is 663 g/mol. The average molecular weight is 664 g/mol. The number of rotatable bonds is 6. The van der Waals surface area contributed by atoms with Gasteiger partial charge in [0, 0.05) is 16.2 Å². The van der Waals surface area contributed by atoms with Gasteiger partial charge in [-0.15, -0.1) is 0 Å². The number of ketones is 1. The Hall–Kier alpha value is -1.69. The smallest absolute Gasteiger partial charge is 0.161 e. The van der Waals surface area contributed by atoms with Crippen molar-refractivity contribution in [3.63, 3.8) is 0 Å². The van der Waals surface area contributed by atoms with E-state index in [2.05, 4.69) is 85.3 Å². The zero-order chi connectivity index (χ0) is 35.2. The van der Waals surface area contributed by atoms with Gasteiger partial charge in [-0.3, -0.25) is 4.79 Å². The topological polar surface area (TPSA) is 101 Å². The predicted molar refractivity (Wildman–Crippen MR) is 190 cm³/mol. The lowest BCUT2D eigenvalue weighted by atomic mass is 9.32. The van der Waals surface area contributed by atoms with E-state index >= 15 is 0 Å². The highest BCUT2D eigenvalue weighted by atomic mass is 16.7. The highest BCUT2D eigenvalue weighted by Crippen LogP contribution is 2.76. The fraction of sp³-hybridized carbons (Fsp3) is 0.902. The summed E-state index contributed by atoms with van der Waals surface area (Å²) in [6, 6.07) is 0. The molecule has 6 rings (SSSR count). The Morgan fingerprint density at radius 1 is 0.979 bits per heavy atom. The summed E-state index contributed by atoms with van der Waals surface area (Å²) in [6.45, 7) is 25.8. The minimum atomic E-state index is -0.619. The molecule has 1 saturated heterocycles. The van der Waals surface area contributed by atoms with Crippen molar-refractivity contribution in [1.82, 2.24) is 0 Å². The van der Waals surface area contributed by atoms with E-state index in [4.69, 9.17) is 15.0 Å². The third-order valence-corrected chi connectivity index (χ3v) is 17.3. The second-order valence-electron chi connectivity index (χ2n) is 19.6. The summed E-state index contributed by atoms with van der Waals surface area (Å²) in [5, 5.41) is 3.84. The van der Waals surface area contributed by atoms with E-state index < -0.39 is 11.7 Å². The van der Waals surface area contributed by atoms with Gasteiger partial charge in [-0.05, 0) is 127 Å². The quantitative estimate of drug-likeness (QED) is 0.0705. The number of carbonyl (C=O) groups is 2. The molecule has 0 N–H and O–H groups in total. The summed E-state index contributed by atoms with van der Waals surface area (Å²) in [6.07, 6.45) is 12.3. The van der Waals surface area contributed by atoms with Crippen LogP contribution in [0.1, 0.15) is 134 Å². The second-order valence-corrected chi connectivity index (χ2v) is 19.6. The Balaban J connectivity index is 1.32. The molecule has 1 heterocycles. The van der Waals surface area contributed by atoms with Gasteiger partial charge in [-0.2, -0.15) is 0 Å². The van der Waals surface area contributed by atoms with Gasteiger partial charge in [-0.25, -0.2) is 0 Å². The van der Waals surface area contributed by atoms with Crippen LogP contribution in [0.15, 0.2) is 16.8 Å². The van der Waals surface area contributed by atoms with Crippen LogP contribution in [0.4, 0.5) is 0 Å². The molecule has 7 heteroatoms. The lowest BCUT2D eigenvalue weighted by Gasteiger charge is -2.72. The van der Waals surface area contributed by atoms with Crippen LogP contribution >= 0.6 is 0 Å². The molecule has 4 saturated carbocycles. The fourth-order valence-electron chi connectivity index (χ4n) is 13.7. The van der Waals surface area contributed by atoms with E-state index in [-0.39, 0.29) is 57.0 Å². The van der Waals surface area contributed by atoms with Gasteiger partial charge in [0.25, 0.3) is 0 Å². The number of hydrogen-bond donors (Lipinski definition) is 0. The van der Waals surface area contributed by atoms with Crippen molar-refractivity contribution < 1.29 is 19.1 Å². The number of fused-ring (bicyclic) bond motifs is 7. The number of carbonyl (C=O) groups excluding carboxylic acids is 2. The van der Waals surface area contributed by atoms with Crippen molar-refractivity contribution in [2.24, 2.45) is 79.0 Å². The van der Waals surface area contributed by atoms with Gasteiger partial charge >= 0.3 is 0 Å². The Morgan fingerprint density at radius 3 is 2.33 bits per heavy atom. The molecular formula is C41H65N3O4. The summed E-state index contributed by atoms with van der Waals surface area (Å²) in [5.74, 6) is 2.53. The van der Waals surface area contributed by atoms with Gasteiger partial charge in [0.2, 0.25) is 0 Å². The Bertz CT molecular complexity index is 1390. The van der Waals surface area contributed by atoms with Crippen LogP contribution in [0.5, 0.6) is 0 Å². The van der Waals surface area contributed by atoms with Gasteiger partial charge in [-0.1, -0.05) is 86.0 Å².